The van der Waals surface area contributed by atoms with E-state index in [-0.39, 0.29) is 6.04 Å². The number of nitrogens with zero attached hydrogens (tertiary/aromatic N) is 1. The summed E-state index contributed by atoms with van der Waals surface area (Å²) in [7, 11) is 3.84. The van der Waals surface area contributed by atoms with Gasteiger partial charge in [0.05, 0.1) is 6.04 Å². The second kappa shape index (κ2) is 4.49. The minimum Gasteiger partial charge on any atom is -0.350 e. The van der Waals surface area contributed by atoms with Crippen molar-refractivity contribution in [1.82, 2.24) is 9.88 Å². The van der Waals surface area contributed by atoms with Gasteiger partial charge < -0.3 is 14.7 Å². The molecule has 3 heteroatoms. The molecule has 2 aromatic rings. The van der Waals surface area contributed by atoms with Crippen LogP contribution < -0.4 is 5.32 Å². The van der Waals surface area contributed by atoms with Crippen molar-refractivity contribution < 1.29 is 4.79 Å². The van der Waals surface area contributed by atoms with Crippen LogP contribution in [0.15, 0.2) is 30.5 Å². The molecule has 1 aromatic heterocycles. The molecule has 1 heterocycles. The summed E-state index contributed by atoms with van der Waals surface area (Å²) in [5, 5.41) is 4.23. The third-order valence-corrected chi connectivity index (χ3v) is 2.95. The van der Waals surface area contributed by atoms with Crippen LogP contribution in [0, 0.1) is 0 Å². The SMILES string of the molecule is CN[C@H](C=O)Cc1cn(C)c2ccccc12. The summed E-state index contributed by atoms with van der Waals surface area (Å²) in [6.07, 6.45) is 3.79. The van der Waals surface area contributed by atoms with E-state index in [1.165, 1.54) is 16.5 Å². The van der Waals surface area contributed by atoms with E-state index in [1.54, 1.807) is 0 Å². The first-order valence-electron chi connectivity index (χ1n) is 5.41. The molecule has 0 aliphatic heterocycles. The molecule has 16 heavy (non-hydrogen) atoms. The molecule has 0 unspecified atom stereocenters. The molecule has 3 nitrogen and oxygen atoms in total. The van der Waals surface area contributed by atoms with Crippen molar-refractivity contribution in [2.45, 2.75) is 12.5 Å². The van der Waals surface area contributed by atoms with E-state index in [2.05, 4.69) is 28.2 Å². The molecular weight excluding hydrogens is 200 g/mol. The zero-order valence-electron chi connectivity index (χ0n) is 9.60. The van der Waals surface area contributed by atoms with Crippen LogP contribution in [-0.4, -0.2) is 23.9 Å². The number of carbonyl (C=O) groups is 1. The molecular formula is C13H16N2O. The Labute approximate surface area is 95.1 Å². The maximum Gasteiger partial charge on any atom is 0.137 e. The number of aryl methyl sites for hydroxylation is 1. The Morgan fingerprint density at radius 2 is 2.19 bits per heavy atom. The molecule has 0 saturated carbocycles. The number of aromatic nitrogens is 1. The number of carbonyl (C=O) groups excluding carboxylic acids is 1. The topological polar surface area (TPSA) is 34.0 Å². The van der Waals surface area contributed by atoms with Crippen LogP contribution in [0.4, 0.5) is 0 Å². The molecule has 0 radical (unpaired) electrons. The van der Waals surface area contributed by atoms with Gasteiger partial charge in [-0.2, -0.15) is 0 Å². The quantitative estimate of drug-likeness (QED) is 0.786. The van der Waals surface area contributed by atoms with Gasteiger partial charge in [-0.05, 0) is 25.1 Å². The summed E-state index contributed by atoms with van der Waals surface area (Å²) in [6, 6.07) is 8.14. The Morgan fingerprint density at radius 3 is 2.88 bits per heavy atom. The van der Waals surface area contributed by atoms with Gasteiger partial charge in [0.2, 0.25) is 0 Å². The number of hydrogen-bond acceptors (Lipinski definition) is 2. The fraction of sp³-hybridized carbons (Fsp3) is 0.308. The molecule has 0 saturated heterocycles. The van der Waals surface area contributed by atoms with Gasteiger partial charge in [0.15, 0.2) is 0 Å². The Kier molecular flexibility index (Phi) is 3.06. The van der Waals surface area contributed by atoms with Crippen LogP contribution in [-0.2, 0) is 18.3 Å². The van der Waals surface area contributed by atoms with Crippen LogP contribution in [0.3, 0.4) is 0 Å². The average molecular weight is 216 g/mol. The molecule has 1 atom stereocenters. The summed E-state index contributed by atoms with van der Waals surface area (Å²) < 4.78 is 2.10. The zero-order valence-corrected chi connectivity index (χ0v) is 9.60. The van der Waals surface area contributed by atoms with Crippen LogP contribution in [0.5, 0.6) is 0 Å². The minimum atomic E-state index is -0.106. The van der Waals surface area contributed by atoms with Crippen LogP contribution in [0.2, 0.25) is 0 Å². The third-order valence-electron chi connectivity index (χ3n) is 2.95. The van der Waals surface area contributed by atoms with Gasteiger partial charge in [-0.25, -0.2) is 0 Å². The van der Waals surface area contributed by atoms with Crippen molar-refractivity contribution >= 4 is 17.2 Å². The van der Waals surface area contributed by atoms with Gasteiger partial charge in [-0.3, -0.25) is 0 Å². The molecule has 84 valence electrons. The highest BCUT2D eigenvalue weighted by Crippen LogP contribution is 2.21. The number of para-hydroxylation sites is 1. The van der Waals surface area contributed by atoms with E-state index in [9.17, 15) is 4.79 Å². The normalized spacial score (nSPS) is 12.9. The first-order valence-corrected chi connectivity index (χ1v) is 5.41. The molecule has 0 spiro atoms. The molecule has 0 bridgehead atoms. The van der Waals surface area contributed by atoms with Gasteiger partial charge in [-0.15, -0.1) is 0 Å². The van der Waals surface area contributed by atoms with Gasteiger partial charge in [0, 0.05) is 24.1 Å². The molecule has 0 amide bonds. The van der Waals surface area contributed by atoms with Crippen LogP contribution in [0.25, 0.3) is 10.9 Å². The van der Waals surface area contributed by atoms with E-state index in [1.807, 2.05) is 26.2 Å². The number of fused-ring (bicyclic) bond motifs is 1. The van der Waals surface area contributed by atoms with Crippen molar-refractivity contribution in [2.75, 3.05) is 7.05 Å². The molecule has 1 aromatic carbocycles. The van der Waals surface area contributed by atoms with E-state index < -0.39 is 0 Å². The van der Waals surface area contributed by atoms with Gasteiger partial charge >= 0.3 is 0 Å². The fourth-order valence-electron chi connectivity index (χ4n) is 2.04. The number of likely N-dealkylation sites (N-methyl/N-ethyl adjacent to an activating group) is 1. The maximum absolute atomic E-state index is 10.8. The predicted molar refractivity (Wildman–Crippen MR) is 65.5 cm³/mol. The van der Waals surface area contributed by atoms with Gasteiger partial charge in [0.25, 0.3) is 0 Å². The van der Waals surface area contributed by atoms with E-state index in [4.69, 9.17) is 0 Å². The van der Waals surface area contributed by atoms with Gasteiger partial charge in [-0.1, -0.05) is 18.2 Å². The van der Waals surface area contributed by atoms with Crippen molar-refractivity contribution in [3.63, 3.8) is 0 Å². The van der Waals surface area contributed by atoms with E-state index in [0.29, 0.717) is 0 Å². The molecule has 0 aliphatic rings. The Hall–Kier alpha value is -1.61. The lowest BCUT2D eigenvalue weighted by Gasteiger charge is -2.07. The summed E-state index contributed by atoms with van der Waals surface area (Å²) in [5.74, 6) is 0. The molecule has 2 rings (SSSR count). The lowest BCUT2D eigenvalue weighted by Crippen LogP contribution is -2.28. The van der Waals surface area contributed by atoms with Crippen LogP contribution in [0.1, 0.15) is 5.56 Å². The standard InChI is InChI=1S/C13H16N2O/c1-14-11(9-16)7-10-8-15(2)13-6-4-3-5-12(10)13/h3-6,8-9,11,14H,7H2,1-2H3/t11-/m0/s1. The highest BCUT2D eigenvalue weighted by atomic mass is 16.1. The number of hydrogen-bond donors (Lipinski definition) is 1. The fourth-order valence-corrected chi connectivity index (χ4v) is 2.04. The summed E-state index contributed by atoms with van der Waals surface area (Å²) >= 11 is 0. The first kappa shape index (κ1) is 10.9. The average Bonchev–Trinajstić information content (AvgIpc) is 2.64. The number of aldehydes is 1. The lowest BCUT2D eigenvalue weighted by molar-refractivity contribution is -0.109. The van der Waals surface area contributed by atoms with E-state index in [0.717, 1.165) is 12.7 Å². The van der Waals surface area contributed by atoms with E-state index >= 15 is 0 Å². The predicted octanol–water partition coefficient (Wildman–Crippen LogP) is 1.51. The van der Waals surface area contributed by atoms with Gasteiger partial charge in [0.1, 0.15) is 6.29 Å². The molecule has 0 fully saturated rings. The Morgan fingerprint density at radius 1 is 1.44 bits per heavy atom. The highest BCUT2D eigenvalue weighted by Gasteiger charge is 2.10. The molecule has 0 aliphatic carbocycles. The molecule has 1 N–H and O–H groups in total. The summed E-state index contributed by atoms with van der Waals surface area (Å²) in [6.45, 7) is 0. The first-order chi connectivity index (χ1) is 7.76. The summed E-state index contributed by atoms with van der Waals surface area (Å²) in [4.78, 5) is 10.8. The highest BCUT2D eigenvalue weighted by molar-refractivity contribution is 5.84. The lowest BCUT2D eigenvalue weighted by atomic mass is 10.1. The second-order valence-corrected chi connectivity index (χ2v) is 4.02. The third kappa shape index (κ3) is 1.86. The smallest absolute Gasteiger partial charge is 0.137 e. The van der Waals surface area contributed by atoms with Crippen molar-refractivity contribution in [3.05, 3.63) is 36.0 Å². The van der Waals surface area contributed by atoms with Crippen molar-refractivity contribution in [2.24, 2.45) is 7.05 Å². The van der Waals surface area contributed by atoms with Crippen LogP contribution >= 0.6 is 0 Å². The van der Waals surface area contributed by atoms with Crippen molar-refractivity contribution in [1.29, 1.82) is 0 Å². The zero-order chi connectivity index (χ0) is 11.5. The maximum atomic E-state index is 10.8. The Balaban J connectivity index is 2.41. The Bertz CT molecular complexity index is 502. The monoisotopic (exact) mass is 216 g/mol. The summed E-state index contributed by atoms with van der Waals surface area (Å²) in [5.41, 5.74) is 2.42. The number of rotatable bonds is 4. The van der Waals surface area contributed by atoms with Crippen molar-refractivity contribution in [3.8, 4) is 0 Å². The second-order valence-electron chi connectivity index (χ2n) is 4.02. The number of benzene rings is 1. The largest absolute Gasteiger partial charge is 0.350 e. The number of nitrogens with one attached hydrogen (secondary N) is 1. The minimum absolute atomic E-state index is 0.106.